The number of methoxy groups -OCH3 is 1. The first kappa shape index (κ1) is 29.1. The van der Waals surface area contributed by atoms with Crippen LogP contribution < -0.4 is 21.0 Å². The first-order chi connectivity index (χ1) is 17.4. The van der Waals surface area contributed by atoms with Crippen molar-refractivity contribution < 1.29 is 37.7 Å². The zero-order valence-corrected chi connectivity index (χ0v) is 22.3. The van der Waals surface area contributed by atoms with Gasteiger partial charge < -0.3 is 29.6 Å². The summed E-state index contributed by atoms with van der Waals surface area (Å²) in [5, 5.41) is 13.7. The van der Waals surface area contributed by atoms with Gasteiger partial charge in [0, 0.05) is 18.3 Å². The highest BCUT2D eigenvalue weighted by atomic mass is 35.5. The standard InChI is InChI=1S/C22H30ClN4O9P/c1-12(2)34-21(29)13(3)26-37(31,36-15-7-5-14(23)6-8-15)33-11-16-18(28)19(32-4)20(35-16)27-10-9-17(24)25-22(27)30/h5-10,12-13,16,18-20,28H,11H2,1-4H3,(H,26,31)(H2,24,25,30)/t13-,16+,18?,19?,20+,37?/m0/s1. The number of nitrogen functional groups attached to an aromatic ring is 1. The van der Waals surface area contributed by atoms with Gasteiger partial charge in [0.05, 0.1) is 12.7 Å². The number of carbonyl (C=O) groups excluding carboxylic acids is 1. The van der Waals surface area contributed by atoms with Crippen LogP contribution in [0.25, 0.3) is 0 Å². The second kappa shape index (κ2) is 12.4. The first-order valence-electron chi connectivity index (χ1n) is 11.3. The molecule has 1 aromatic heterocycles. The molecule has 3 rings (SSSR count). The number of aliphatic hydroxyl groups is 1. The minimum Gasteiger partial charge on any atom is -0.462 e. The fourth-order valence-corrected chi connectivity index (χ4v) is 5.10. The highest BCUT2D eigenvalue weighted by molar-refractivity contribution is 7.52. The molecule has 13 nitrogen and oxygen atoms in total. The second-order valence-electron chi connectivity index (χ2n) is 8.47. The predicted molar refractivity (Wildman–Crippen MR) is 133 cm³/mol. The van der Waals surface area contributed by atoms with Crippen LogP contribution in [0.2, 0.25) is 5.02 Å². The van der Waals surface area contributed by atoms with E-state index in [1.165, 1.54) is 50.6 Å². The number of hydrogen-bond acceptors (Lipinski definition) is 11. The van der Waals surface area contributed by atoms with Crippen molar-refractivity contribution in [3.8, 4) is 5.75 Å². The summed E-state index contributed by atoms with van der Waals surface area (Å²) in [6, 6.07) is 6.30. The van der Waals surface area contributed by atoms with Gasteiger partial charge in [-0.15, -0.1) is 0 Å². The van der Waals surface area contributed by atoms with Crippen LogP contribution in [0.5, 0.6) is 5.75 Å². The molecule has 0 saturated carbocycles. The number of carbonyl (C=O) groups is 1. The van der Waals surface area contributed by atoms with Crippen molar-refractivity contribution in [2.75, 3.05) is 19.5 Å². The van der Waals surface area contributed by atoms with Crippen LogP contribution in [0, 0.1) is 0 Å². The van der Waals surface area contributed by atoms with E-state index in [-0.39, 0.29) is 11.6 Å². The number of ether oxygens (including phenoxy) is 3. The molecule has 0 amide bonds. The SMILES string of the molecule is COC1C(O)[C@@H](COP(=O)(N[C@@H](C)C(=O)OC(C)C)Oc2ccc(Cl)cc2)O[C@H]1n1ccc(N)nc1=O. The number of nitrogens with two attached hydrogens (primary N) is 1. The molecule has 0 spiro atoms. The lowest BCUT2D eigenvalue weighted by molar-refractivity contribution is -0.149. The minimum atomic E-state index is -4.25. The monoisotopic (exact) mass is 560 g/mol. The van der Waals surface area contributed by atoms with Gasteiger partial charge in [0.1, 0.15) is 35.9 Å². The van der Waals surface area contributed by atoms with Crippen molar-refractivity contribution in [1.82, 2.24) is 14.6 Å². The van der Waals surface area contributed by atoms with Gasteiger partial charge in [0.2, 0.25) is 0 Å². The van der Waals surface area contributed by atoms with Gasteiger partial charge in [-0.1, -0.05) is 11.6 Å². The van der Waals surface area contributed by atoms with E-state index in [4.69, 9.17) is 40.6 Å². The van der Waals surface area contributed by atoms with Crippen molar-refractivity contribution in [1.29, 1.82) is 0 Å². The van der Waals surface area contributed by atoms with Gasteiger partial charge in [0.25, 0.3) is 0 Å². The smallest absolute Gasteiger partial charge is 0.459 e. The van der Waals surface area contributed by atoms with Crippen LogP contribution in [0.4, 0.5) is 5.82 Å². The summed E-state index contributed by atoms with van der Waals surface area (Å²) in [5.74, 6) is -0.514. The van der Waals surface area contributed by atoms with E-state index in [0.717, 1.165) is 4.57 Å². The second-order valence-corrected chi connectivity index (χ2v) is 10.6. The zero-order chi connectivity index (χ0) is 27.3. The van der Waals surface area contributed by atoms with Crippen LogP contribution in [-0.2, 0) is 28.1 Å². The number of rotatable bonds is 11. The number of benzene rings is 1. The molecule has 1 saturated heterocycles. The van der Waals surface area contributed by atoms with E-state index < -0.39 is 62.7 Å². The van der Waals surface area contributed by atoms with E-state index in [9.17, 15) is 19.3 Å². The molecule has 6 atom stereocenters. The third-order valence-corrected chi connectivity index (χ3v) is 7.11. The molecule has 1 aliphatic heterocycles. The van der Waals surface area contributed by atoms with E-state index in [2.05, 4.69) is 10.1 Å². The van der Waals surface area contributed by atoms with Crippen molar-refractivity contribution in [2.24, 2.45) is 0 Å². The Morgan fingerprint density at radius 3 is 2.57 bits per heavy atom. The third kappa shape index (κ3) is 7.51. The summed E-state index contributed by atoms with van der Waals surface area (Å²) in [5.41, 5.74) is 4.83. The molecule has 3 unspecified atom stereocenters. The molecule has 15 heteroatoms. The van der Waals surface area contributed by atoms with E-state index >= 15 is 0 Å². The summed E-state index contributed by atoms with van der Waals surface area (Å²) in [6.07, 6.45) is -3.48. The lowest BCUT2D eigenvalue weighted by Crippen LogP contribution is -2.38. The van der Waals surface area contributed by atoms with Crippen LogP contribution in [0.1, 0.15) is 27.0 Å². The number of anilines is 1. The summed E-state index contributed by atoms with van der Waals surface area (Å²) >= 11 is 5.91. The van der Waals surface area contributed by atoms with Crippen LogP contribution in [-0.4, -0.2) is 64.8 Å². The Morgan fingerprint density at radius 1 is 1.30 bits per heavy atom. The lowest BCUT2D eigenvalue weighted by atomic mass is 10.1. The maximum atomic E-state index is 13.7. The number of esters is 1. The van der Waals surface area contributed by atoms with Crippen LogP contribution in [0.3, 0.4) is 0 Å². The van der Waals surface area contributed by atoms with Gasteiger partial charge in [0.15, 0.2) is 6.23 Å². The Kier molecular flexibility index (Phi) is 9.70. The Bertz CT molecular complexity index is 1180. The number of nitrogens with one attached hydrogen (secondary N) is 1. The molecule has 4 N–H and O–H groups in total. The van der Waals surface area contributed by atoms with E-state index in [1.54, 1.807) is 13.8 Å². The maximum absolute atomic E-state index is 13.7. The normalized spacial score (nSPS) is 24.0. The Labute approximate surface area is 218 Å². The molecule has 204 valence electrons. The molecule has 2 aromatic rings. The molecule has 0 bridgehead atoms. The summed E-state index contributed by atoms with van der Waals surface area (Å²) in [6.45, 7) is 4.32. The van der Waals surface area contributed by atoms with Crippen molar-refractivity contribution >= 4 is 31.1 Å². The average Bonchev–Trinajstić information content (AvgIpc) is 3.13. The van der Waals surface area contributed by atoms with E-state index in [0.29, 0.717) is 5.02 Å². The zero-order valence-electron chi connectivity index (χ0n) is 20.6. The van der Waals surface area contributed by atoms with Crippen LogP contribution >= 0.6 is 19.3 Å². The average molecular weight is 561 g/mol. The largest absolute Gasteiger partial charge is 0.462 e. The quantitative estimate of drug-likeness (QED) is 0.269. The molecule has 2 heterocycles. The predicted octanol–water partition coefficient (Wildman–Crippen LogP) is 1.89. The summed E-state index contributed by atoms with van der Waals surface area (Å²) in [4.78, 5) is 28.3. The highest BCUT2D eigenvalue weighted by Gasteiger charge is 2.47. The van der Waals surface area contributed by atoms with Gasteiger partial charge in [-0.3, -0.25) is 13.9 Å². The third-order valence-electron chi connectivity index (χ3n) is 5.22. The first-order valence-corrected chi connectivity index (χ1v) is 13.2. The Balaban J connectivity index is 1.79. The molecular formula is C22H30ClN4O9P. The number of hydrogen-bond donors (Lipinski definition) is 3. The van der Waals surface area contributed by atoms with Crippen molar-refractivity contribution in [3.05, 3.63) is 52.0 Å². The van der Waals surface area contributed by atoms with Gasteiger partial charge in [-0.2, -0.15) is 10.1 Å². The number of aromatic nitrogens is 2. The van der Waals surface area contributed by atoms with Crippen LogP contribution in [0.15, 0.2) is 41.3 Å². The number of halogens is 1. The lowest BCUT2D eigenvalue weighted by Gasteiger charge is -2.25. The molecule has 0 aliphatic carbocycles. The Hall–Kier alpha value is -2.51. The number of aliphatic hydroxyl groups excluding tert-OH is 1. The Morgan fingerprint density at radius 2 is 1.97 bits per heavy atom. The number of nitrogens with zero attached hydrogens (tertiary/aromatic N) is 2. The molecular weight excluding hydrogens is 531 g/mol. The van der Waals surface area contributed by atoms with Gasteiger partial charge in [-0.05, 0) is 51.1 Å². The summed E-state index contributed by atoms with van der Waals surface area (Å²) in [7, 11) is -2.91. The topological polar surface area (TPSA) is 173 Å². The molecule has 0 radical (unpaired) electrons. The van der Waals surface area contributed by atoms with Crippen molar-refractivity contribution in [3.63, 3.8) is 0 Å². The van der Waals surface area contributed by atoms with E-state index in [1.807, 2.05) is 0 Å². The fourth-order valence-electron chi connectivity index (χ4n) is 3.47. The molecule has 1 aromatic carbocycles. The maximum Gasteiger partial charge on any atom is 0.459 e. The molecule has 1 aliphatic rings. The summed E-state index contributed by atoms with van der Waals surface area (Å²) < 4.78 is 42.3. The molecule has 1 fully saturated rings. The highest BCUT2D eigenvalue weighted by Crippen LogP contribution is 2.46. The molecule has 37 heavy (non-hydrogen) atoms. The van der Waals surface area contributed by atoms with Gasteiger partial charge in [-0.25, -0.2) is 9.36 Å². The van der Waals surface area contributed by atoms with Crippen molar-refractivity contribution in [2.45, 2.75) is 57.5 Å². The fraction of sp³-hybridized carbons (Fsp3) is 0.500. The minimum absolute atomic E-state index is 0.0186. The van der Waals surface area contributed by atoms with Gasteiger partial charge >= 0.3 is 19.4 Å².